The summed E-state index contributed by atoms with van der Waals surface area (Å²) in [5, 5.41) is 3.59. The average molecular weight is 339 g/mol. The third-order valence-electron chi connectivity index (χ3n) is 5.43. The summed E-state index contributed by atoms with van der Waals surface area (Å²) in [5.41, 5.74) is 0.459. The van der Waals surface area contributed by atoms with E-state index < -0.39 is 0 Å². The third kappa shape index (κ3) is 6.25. The molecule has 0 radical (unpaired) electrons. The fourth-order valence-electron chi connectivity index (χ4n) is 4.12. The molecule has 0 aliphatic carbocycles. The van der Waals surface area contributed by atoms with Crippen molar-refractivity contribution in [3.8, 4) is 0 Å². The molecule has 1 atom stereocenters. The van der Waals surface area contributed by atoms with Gasteiger partial charge in [-0.05, 0) is 44.1 Å². The van der Waals surface area contributed by atoms with Crippen molar-refractivity contribution in [3.63, 3.8) is 0 Å². The molecule has 2 saturated heterocycles. The highest BCUT2D eigenvalue weighted by atomic mass is 16.5. The molecule has 2 fully saturated rings. The number of likely N-dealkylation sites (tertiary alicyclic amines) is 1. The van der Waals surface area contributed by atoms with Gasteiger partial charge in [-0.15, -0.1) is 0 Å². The van der Waals surface area contributed by atoms with Crippen molar-refractivity contribution in [1.29, 1.82) is 0 Å². The lowest BCUT2D eigenvalue weighted by Gasteiger charge is -2.42. The molecule has 0 aromatic rings. The average Bonchev–Trinajstić information content (AvgIpc) is 2.59. The maximum atomic E-state index is 5.40. The van der Waals surface area contributed by atoms with E-state index in [0.29, 0.717) is 5.41 Å². The topological polar surface area (TPSA) is 40.1 Å². The Hall–Kier alpha value is -0.810. The number of nitrogens with zero attached hydrogens (tertiary/aromatic N) is 3. The summed E-state index contributed by atoms with van der Waals surface area (Å²) in [6, 6.07) is 0. The van der Waals surface area contributed by atoms with Gasteiger partial charge in [0.25, 0.3) is 0 Å². The highest BCUT2D eigenvalue weighted by molar-refractivity contribution is 5.80. The van der Waals surface area contributed by atoms with E-state index in [1.54, 1.807) is 0 Å². The van der Waals surface area contributed by atoms with Crippen LogP contribution in [0.1, 0.15) is 52.4 Å². The lowest BCUT2D eigenvalue weighted by Crippen LogP contribution is -2.50. The van der Waals surface area contributed by atoms with E-state index in [2.05, 4.69) is 34.0 Å². The van der Waals surface area contributed by atoms with Gasteiger partial charge in [0, 0.05) is 39.8 Å². The van der Waals surface area contributed by atoms with Crippen molar-refractivity contribution >= 4 is 5.96 Å². The Balaban J connectivity index is 1.66. The van der Waals surface area contributed by atoms with Gasteiger partial charge in [0.15, 0.2) is 5.96 Å². The first kappa shape index (κ1) is 19.5. The van der Waals surface area contributed by atoms with E-state index in [9.17, 15) is 0 Å². The first-order valence-corrected chi connectivity index (χ1v) is 9.92. The Morgan fingerprint density at radius 1 is 1.21 bits per heavy atom. The predicted molar refractivity (Wildman–Crippen MR) is 102 cm³/mol. The molecule has 1 N–H and O–H groups in total. The Morgan fingerprint density at radius 3 is 2.71 bits per heavy atom. The highest BCUT2D eigenvalue weighted by Crippen LogP contribution is 2.33. The van der Waals surface area contributed by atoms with E-state index in [0.717, 1.165) is 51.9 Å². The van der Waals surface area contributed by atoms with Crippen LogP contribution in [0.25, 0.3) is 0 Å². The van der Waals surface area contributed by atoms with E-state index in [4.69, 9.17) is 4.74 Å². The molecule has 0 spiro atoms. The smallest absolute Gasteiger partial charge is 0.193 e. The van der Waals surface area contributed by atoms with Crippen LogP contribution >= 0.6 is 0 Å². The number of hydrogen-bond acceptors (Lipinski definition) is 3. The molecule has 2 aliphatic heterocycles. The minimum Gasteiger partial charge on any atom is -0.379 e. The van der Waals surface area contributed by atoms with Crippen LogP contribution in [-0.4, -0.2) is 75.3 Å². The summed E-state index contributed by atoms with van der Waals surface area (Å²) in [6.45, 7) is 13.2. The molecule has 0 bridgehead atoms. The summed E-state index contributed by atoms with van der Waals surface area (Å²) >= 11 is 0. The van der Waals surface area contributed by atoms with Crippen molar-refractivity contribution in [3.05, 3.63) is 0 Å². The second-order valence-electron chi connectivity index (χ2n) is 7.72. The fourth-order valence-corrected chi connectivity index (χ4v) is 4.12. The number of rotatable bonds is 7. The van der Waals surface area contributed by atoms with Crippen LogP contribution in [-0.2, 0) is 4.74 Å². The van der Waals surface area contributed by atoms with Crippen LogP contribution < -0.4 is 5.32 Å². The molecule has 1 unspecified atom stereocenters. The largest absolute Gasteiger partial charge is 0.379 e. The van der Waals surface area contributed by atoms with Crippen molar-refractivity contribution in [2.24, 2.45) is 10.4 Å². The summed E-state index contributed by atoms with van der Waals surface area (Å²) in [7, 11) is 1.92. The monoisotopic (exact) mass is 338 g/mol. The highest BCUT2D eigenvalue weighted by Gasteiger charge is 2.31. The standard InChI is InChI=1S/C19H38N4O/c1-4-8-19(2)9-7-12-23(17-19)18(20-3)21-10-5-6-11-22-13-15-24-16-14-22/h4-17H2,1-3H3,(H,20,21). The molecule has 2 heterocycles. The molecule has 2 rings (SSSR count). The molecule has 0 amide bonds. The molecule has 140 valence electrons. The number of ether oxygens (including phenoxy) is 1. The quantitative estimate of drug-likeness (QED) is 0.440. The van der Waals surface area contributed by atoms with E-state index >= 15 is 0 Å². The number of nitrogens with one attached hydrogen (secondary N) is 1. The van der Waals surface area contributed by atoms with Crippen LogP contribution in [0.3, 0.4) is 0 Å². The van der Waals surface area contributed by atoms with Gasteiger partial charge in [0.2, 0.25) is 0 Å². The second kappa shape index (κ2) is 10.2. The molecule has 0 aromatic heterocycles. The van der Waals surface area contributed by atoms with E-state index in [1.165, 1.54) is 45.1 Å². The van der Waals surface area contributed by atoms with Crippen molar-refractivity contribution in [1.82, 2.24) is 15.1 Å². The summed E-state index contributed by atoms with van der Waals surface area (Å²) < 4.78 is 5.40. The molecule has 24 heavy (non-hydrogen) atoms. The lowest BCUT2D eigenvalue weighted by molar-refractivity contribution is 0.0372. The molecule has 2 aliphatic rings. The third-order valence-corrected chi connectivity index (χ3v) is 5.43. The molecule has 5 nitrogen and oxygen atoms in total. The number of guanidine groups is 1. The van der Waals surface area contributed by atoms with Crippen molar-refractivity contribution in [2.75, 3.05) is 59.5 Å². The Morgan fingerprint density at radius 2 is 2.00 bits per heavy atom. The SMILES string of the molecule is CCCC1(C)CCCN(C(=NC)NCCCCN2CCOCC2)C1. The minimum absolute atomic E-state index is 0.459. The van der Waals surface area contributed by atoms with E-state index in [1.807, 2.05) is 7.05 Å². The maximum absolute atomic E-state index is 5.40. The zero-order valence-corrected chi connectivity index (χ0v) is 16.1. The number of unbranched alkanes of at least 4 members (excludes halogenated alkanes) is 1. The van der Waals surface area contributed by atoms with Gasteiger partial charge in [0.05, 0.1) is 13.2 Å². The van der Waals surface area contributed by atoms with Crippen LogP contribution in [0.4, 0.5) is 0 Å². The van der Waals surface area contributed by atoms with Gasteiger partial charge in [-0.25, -0.2) is 0 Å². The van der Waals surface area contributed by atoms with Crippen LogP contribution in [0.5, 0.6) is 0 Å². The molecule has 0 saturated carbocycles. The second-order valence-corrected chi connectivity index (χ2v) is 7.72. The number of piperidine rings is 1. The van der Waals surface area contributed by atoms with Crippen molar-refractivity contribution < 1.29 is 4.74 Å². The Bertz CT molecular complexity index is 378. The van der Waals surface area contributed by atoms with Gasteiger partial charge in [0.1, 0.15) is 0 Å². The number of hydrogen-bond donors (Lipinski definition) is 1. The molecule has 0 aromatic carbocycles. The van der Waals surface area contributed by atoms with Crippen LogP contribution in [0, 0.1) is 5.41 Å². The van der Waals surface area contributed by atoms with E-state index in [-0.39, 0.29) is 0 Å². The van der Waals surface area contributed by atoms with Crippen LogP contribution in [0.2, 0.25) is 0 Å². The zero-order chi connectivity index (χ0) is 17.3. The van der Waals surface area contributed by atoms with Crippen LogP contribution in [0.15, 0.2) is 4.99 Å². The fraction of sp³-hybridized carbons (Fsp3) is 0.947. The van der Waals surface area contributed by atoms with Gasteiger partial charge in [-0.1, -0.05) is 20.3 Å². The Labute approximate surface area is 148 Å². The van der Waals surface area contributed by atoms with Gasteiger partial charge in [-0.2, -0.15) is 0 Å². The first-order chi connectivity index (χ1) is 11.7. The van der Waals surface area contributed by atoms with Gasteiger partial charge < -0.3 is 15.0 Å². The van der Waals surface area contributed by atoms with Gasteiger partial charge in [-0.3, -0.25) is 9.89 Å². The van der Waals surface area contributed by atoms with Crippen molar-refractivity contribution in [2.45, 2.75) is 52.4 Å². The molecule has 5 heteroatoms. The normalized spacial score (nSPS) is 26.6. The minimum atomic E-state index is 0.459. The predicted octanol–water partition coefficient (Wildman–Crippen LogP) is 2.58. The summed E-state index contributed by atoms with van der Waals surface area (Å²) in [5.74, 6) is 1.10. The zero-order valence-electron chi connectivity index (χ0n) is 16.1. The van der Waals surface area contributed by atoms with Gasteiger partial charge >= 0.3 is 0 Å². The molecular weight excluding hydrogens is 300 g/mol. The summed E-state index contributed by atoms with van der Waals surface area (Å²) in [4.78, 5) is 9.52. The summed E-state index contributed by atoms with van der Waals surface area (Å²) in [6.07, 6.45) is 7.69. The lowest BCUT2D eigenvalue weighted by atomic mass is 9.78. The Kier molecular flexibility index (Phi) is 8.33. The first-order valence-electron chi connectivity index (χ1n) is 9.92. The molecular formula is C19H38N4O. The number of morpholine rings is 1. The maximum Gasteiger partial charge on any atom is 0.193 e. The number of aliphatic imine (C=N–C) groups is 1.